The molecule has 3 aromatic rings. The number of benzene rings is 2. The molecule has 3 heterocycles. The highest BCUT2D eigenvalue weighted by Gasteiger charge is 2.32. The molecule has 2 aliphatic heterocycles. The predicted molar refractivity (Wildman–Crippen MR) is 116 cm³/mol. The lowest BCUT2D eigenvalue weighted by Crippen LogP contribution is -2.40. The fourth-order valence-electron chi connectivity index (χ4n) is 4.18. The van der Waals surface area contributed by atoms with Crippen LogP contribution in [0.5, 0.6) is 5.75 Å². The normalized spacial score (nSPS) is 20.4. The van der Waals surface area contributed by atoms with Crippen LogP contribution in [0.4, 0.5) is 5.69 Å². The first-order chi connectivity index (χ1) is 15.0. The maximum absolute atomic E-state index is 13.3. The number of carbonyl (C=O) groups excluding carboxylic acids is 2. The van der Waals surface area contributed by atoms with Gasteiger partial charge in [0.2, 0.25) is 5.76 Å². The Kier molecular flexibility index (Phi) is 4.90. The van der Waals surface area contributed by atoms with Crippen LogP contribution >= 0.6 is 0 Å². The van der Waals surface area contributed by atoms with Crippen LogP contribution in [-0.4, -0.2) is 49.1 Å². The van der Waals surface area contributed by atoms with Gasteiger partial charge in [0.05, 0.1) is 18.8 Å². The number of nitrogens with one attached hydrogen (secondary N) is 1. The largest absolute Gasteiger partial charge is 0.489 e. The third-order valence-electron chi connectivity index (χ3n) is 6.12. The number of hydrogen-bond donors (Lipinski definition) is 1. The first-order valence-electron chi connectivity index (χ1n) is 10.5. The molecular formula is C24H24N2O5. The first kappa shape index (κ1) is 19.6. The molecule has 5 rings (SSSR count). The molecule has 0 bridgehead atoms. The summed E-state index contributed by atoms with van der Waals surface area (Å²) in [6.07, 6.45) is -0.00263. The van der Waals surface area contributed by atoms with Gasteiger partial charge in [-0.25, -0.2) is 0 Å². The van der Waals surface area contributed by atoms with Crippen molar-refractivity contribution in [2.24, 2.45) is 0 Å². The molecule has 1 N–H and O–H groups in total. The van der Waals surface area contributed by atoms with Crippen molar-refractivity contribution in [3.8, 4) is 5.75 Å². The predicted octanol–water partition coefficient (Wildman–Crippen LogP) is 4.04. The van der Waals surface area contributed by atoms with Gasteiger partial charge in [0.25, 0.3) is 11.8 Å². The second kappa shape index (κ2) is 7.74. The van der Waals surface area contributed by atoms with E-state index in [1.807, 2.05) is 37.3 Å². The molecule has 2 aliphatic rings. The van der Waals surface area contributed by atoms with E-state index in [9.17, 15) is 9.59 Å². The van der Waals surface area contributed by atoms with Crippen LogP contribution in [0.3, 0.4) is 0 Å². The highest BCUT2D eigenvalue weighted by Crippen LogP contribution is 2.41. The second-order valence-corrected chi connectivity index (χ2v) is 8.00. The fraction of sp³-hybridized carbons (Fsp3) is 0.333. The Morgan fingerprint density at radius 2 is 1.81 bits per heavy atom. The highest BCUT2D eigenvalue weighted by molar-refractivity contribution is 6.15. The second-order valence-electron chi connectivity index (χ2n) is 8.00. The molecule has 1 saturated heterocycles. The van der Waals surface area contributed by atoms with Gasteiger partial charge >= 0.3 is 0 Å². The SMILES string of the molecule is C[C@@H]1Oc2c(C(=O)Nc3c(C(=O)N4CCOCC4)oc4ccccc34)cccc2[C@H]1C. The smallest absolute Gasteiger partial charge is 0.291 e. The van der Waals surface area contributed by atoms with Gasteiger partial charge in [-0.15, -0.1) is 0 Å². The van der Waals surface area contributed by atoms with Crippen LogP contribution in [0.1, 0.15) is 46.2 Å². The van der Waals surface area contributed by atoms with Gasteiger partial charge in [-0.1, -0.05) is 31.2 Å². The summed E-state index contributed by atoms with van der Waals surface area (Å²) in [6, 6.07) is 12.9. The number of morpholine rings is 1. The fourth-order valence-corrected chi connectivity index (χ4v) is 4.18. The number of nitrogens with zero attached hydrogens (tertiary/aromatic N) is 1. The monoisotopic (exact) mass is 420 g/mol. The Morgan fingerprint density at radius 1 is 1.03 bits per heavy atom. The van der Waals surface area contributed by atoms with Crippen LogP contribution in [0.2, 0.25) is 0 Å². The van der Waals surface area contributed by atoms with Crippen molar-refractivity contribution in [1.82, 2.24) is 4.90 Å². The lowest BCUT2D eigenvalue weighted by molar-refractivity contribution is 0.0285. The third-order valence-corrected chi connectivity index (χ3v) is 6.12. The number of ether oxygens (including phenoxy) is 2. The van der Waals surface area contributed by atoms with Gasteiger partial charge in [-0.3, -0.25) is 9.59 Å². The van der Waals surface area contributed by atoms with Crippen LogP contribution in [0, 0.1) is 0 Å². The number of fused-ring (bicyclic) bond motifs is 2. The molecular weight excluding hydrogens is 396 g/mol. The summed E-state index contributed by atoms with van der Waals surface area (Å²) in [5.41, 5.74) is 2.39. The molecule has 31 heavy (non-hydrogen) atoms. The Morgan fingerprint density at radius 3 is 2.61 bits per heavy atom. The van der Waals surface area contributed by atoms with Crippen LogP contribution in [0.15, 0.2) is 46.9 Å². The summed E-state index contributed by atoms with van der Waals surface area (Å²) >= 11 is 0. The van der Waals surface area contributed by atoms with E-state index in [1.165, 1.54) is 0 Å². The highest BCUT2D eigenvalue weighted by atomic mass is 16.5. The molecule has 0 unspecified atom stereocenters. The molecule has 0 aliphatic carbocycles. The molecule has 7 heteroatoms. The number of rotatable bonds is 3. The summed E-state index contributed by atoms with van der Waals surface area (Å²) in [4.78, 5) is 28.2. The maximum atomic E-state index is 13.3. The number of anilines is 1. The summed E-state index contributed by atoms with van der Waals surface area (Å²) in [7, 11) is 0. The van der Waals surface area contributed by atoms with Crippen molar-refractivity contribution < 1.29 is 23.5 Å². The third kappa shape index (κ3) is 3.35. The lowest BCUT2D eigenvalue weighted by atomic mass is 9.97. The van der Waals surface area contributed by atoms with Gasteiger partial charge in [-0.2, -0.15) is 0 Å². The van der Waals surface area contributed by atoms with E-state index in [-0.39, 0.29) is 29.6 Å². The van der Waals surface area contributed by atoms with Crippen molar-refractivity contribution >= 4 is 28.5 Å². The number of para-hydroxylation sites is 2. The minimum atomic E-state index is -0.333. The van der Waals surface area contributed by atoms with E-state index in [4.69, 9.17) is 13.9 Å². The molecule has 2 amide bonds. The minimum absolute atomic E-state index is 0.00263. The standard InChI is InChI=1S/C24H24N2O5/c1-14-15(2)30-21-16(14)7-5-8-18(21)23(27)25-20-17-6-3-4-9-19(17)31-22(20)24(28)26-10-12-29-13-11-26/h3-9,14-15H,10-13H2,1-2H3,(H,25,27)/t14-,15-/m0/s1. The quantitative estimate of drug-likeness (QED) is 0.692. The van der Waals surface area contributed by atoms with E-state index in [0.29, 0.717) is 54.3 Å². The lowest BCUT2D eigenvalue weighted by Gasteiger charge is -2.26. The van der Waals surface area contributed by atoms with Crippen LogP contribution in [0.25, 0.3) is 11.0 Å². The number of amides is 2. The van der Waals surface area contributed by atoms with Crippen molar-refractivity contribution in [3.63, 3.8) is 0 Å². The van der Waals surface area contributed by atoms with Gasteiger partial charge in [0.1, 0.15) is 23.1 Å². The zero-order valence-electron chi connectivity index (χ0n) is 17.5. The molecule has 1 aromatic heterocycles. The van der Waals surface area contributed by atoms with Gasteiger partial charge in [0, 0.05) is 30.0 Å². The van der Waals surface area contributed by atoms with E-state index < -0.39 is 0 Å². The van der Waals surface area contributed by atoms with E-state index in [0.717, 1.165) is 5.56 Å². The zero-order chi connectivity index (χ0) is 21.5. The van der Waals surface area contributed by atoms with Gasteiger partial charge in [0.15, 0.2) is 0 Å². The maximum Gasteiger partial charge on any atom is 0.291 e. The van der Waals surface area contributed by atoms with E-state index in [2.05, 4.69) is 12.2 Å². The van der Waals surface area contributed by atoms with Gasteiger partial charge < -0.3 is 24.1 Å². The Hall–Kier alpha value is -3.32. The number of carbonyl (C=O) groups is 2. The van der Waals surface area contributed by atoms with Crippen molar-refractivity contribution in [2.75, 3.05) is 31.6 Å². The molecule has 160 valence electrons. The number of furan rings is 1. The summed E-state index contributed by atoms with van der Waals surface area (Å²) in [5.74, 6) is 0.351. The Balaban J connectivity index is 1.52. The first-order valence-corrected chi connectivity index (χ1v) is 10.5. The molecule has 7 nitrogen and oxygen atoms in total. The zero-order valence-corrected chi connectivity index (χ0v) is 17.5. The summed E-state index contributed by atoms with van der Waals surface area (Å²) < 4.78 is 17.2. The van der Waals surface area contributed by atoms with E-state index >= 15 is 0 Å². The van der Waals surface area contributed by atoms with Crippen LogP contribution in [-0.2, 0) is 4.74 Å². The number of hydrogen-bond acceptors (Lipinski definition) is 5. The molecule has 2 atom stereocenters. The van der Waals surface area contributed by atoms with Crippen molar-refractivity contribution in [1.29, 1.82) is 0 Å². The van der Waals surface area contributed by atoms with Crippen molar-refractivity contribution in [2.45, 2.75) is 25.9 Å². The van der Waals surface area contributed by atoms with Crippen LogP contribution < -0.4 is 10.1 Å². The Labute approximate surface area is 179 Å². The summed E-state index contributed by atoms with van der Waals surface area (Å²) in [6.45, 7) is 6.02. The molecule has 0 radical (unpaired) electrons. The molecule has 2 aromatic carbocycles. The average molecular weight is 420 g/mol. The molecule has 0 spiro atoms. The topological polar surface area (TPSA) is 81.0 Å². The Bertz CT molecular complexity index is 1160. The molecule has 0 saturated carbocycles. The minimum Gasteiger partial charge on any atom is -0.489 e. The molecule has 1 fully saturated rings. The van der Waals surface area contributed by atoms with E-state index in [1.54, 1.807) is 17.0 Å². The average Bonchev–Trinajstić information content (AvgIpc) is 3.31. The van der Waals surface area contributed by atoms with Crippen molar-refractivity contribution in [3.05, 3.63) is 59.4 Å². The van der Waals surface area contributed by atoms with Gasteiger partial charge in [-0.05, 0) is 25.1 Å². The summed E-state index contributed by atoms with van der Waals surface area (Å²) in [5, 5.41) is 3.62.